The van der Waals surface area contributed by atoms with Crippen molar-refractivity contribution in [1.82, 2.24) is 8.87 Å². The lowest BCUT2D eigenvalue weighted by Crippen LogP contribution is -2.34. The summed E-state index contributed by atoms with van der Waals surface area (Å²) in [5, 5.41) is 15.4. The van der Waals surface area contributed by atoms with Crippen LogP contribution in [-0.2, 0) is 16.6 Å². The Morgan fingerprint density at radius 3 is 2.24 bits per heavy atom. The number of anilines is 1. The molecule has 2 heterocycles. The minimum absolute atomic E-state index is 0.334. The highest BCUT2D eigenvalue weighted by atomic mass is 32.2. The molecule has 1 aliphatic rings. The highest BCUT2D eigenvalue weighted by Gasteiger charge is 2.28. The molecule has 38 heavy (non-hydrogen) atoms. The minimum Gasteiger partial charge on any atom is -0.389 e. The first kappa shape index (κ1) is 26.2. The Bertz CT molecular complexity index is 1570. The van der Waals surface area contributed by atoms with Gasteiger partial charge in [-0.05, 0) is 63.1 Å². The molecular weight excluding hydrogens is 494 g/mol. The number of rotatable bonds is 8. The standard InChI is InChI=1S/C31H35N3O3S/c1-22-8-12-26(13-9-22)32-20-27(35)21-34-24(3)31(29-6-4-5-7-30(29)34)25-16-18-33(19-17-25)38(36,37)28-14-10-23(2)11-15-28/h4-16,27,32,35H,17-21H2,1-3H3. The molecule has 0 saturated heterocycles. The second kappa shape index (κ2) is 10.8. The zero-order valence-corrected chi connectivity index (χ0v) is 23.0. The Hall–Kier alpha value is -3.39. The van der Waals surface area contributed by atoms with Crippen LogP contribution >= 0.6 is 0 Å². The van der Waals surface area contributed by atoms with Gasteiger partial charge in [-0.2, -0.15) is 4.31 Å². The second-order valence-corrected chi connectivity index (χ2v) is 12.1. The number of hydrogen-bond donors (Lipinski definition) is 2. The first-order valence-electron chi connectivity index (χ1n) is 13.1. The molecule has 0 saturated carbocycles. The molecular formula is C31H35N3O3S. The van der Waals surface area contributed by atoms with E-state index < -0.39 is 16.1 Å². The molecule has 0 amide bonds. The van der Waals surface area contributed by atoms with E-state index in [4.69, 9.17) is 0 Å². The highest BCUT2D eigenvalue weighted by molar-refractivity contribution is 7.89. The molecule has 198 valence electrons. The molecule has 0 aliphatic carbocycles. The molecule has 0 spiro atoms. The Labute approximate surface area is 225 Å². The summed E-state index contributed by atoms with van der Waals surface area (Å²) in [5.41, 5.74) is 7.68. The minimum atomic E-state index is -3.54. The quantitative estimate of drug-likeness (QED) is 0.315. The molecule has 1 unspecified atom stereocenters. The van der Waals surface area contributed by atoms with Crippen LogP contribution in [0.4, 0.5) is 5.69 Å². The van der Waals surface area contributed by atoms with Gasteiger partial charge in [0.15, 0.2) is 0 Å². The predicted molar refractivity (Wildman–Crippen MR) is 155 cm³/mol. The lowest BCUT2D eigenvalue weighted by molar-refractivity contribution is 0.167. The number of para-hydroxylation sites is 1. The number of aryl methyl sites for hydroxylation is 2. The summed E-state index contributed by atoms with van der Waals surface area (Å²) in [6.07, 6.45) is 2.11. The number of aliphatic hydroxyl groups excluding tert-OH is 1. The van der Waals surface area contributed by atoms with Crippen LogP contribution in [0.25, 0.3) is 16.5 Å². The second-order valence-electron chi connectivity index (χ2n) is 10.1. The maximum absolute atomic E-state index is 13.2. The van der Waals surface area contributed by atoms with Crippen LogP contribution in [0.3, 0.4) is 0 Å². The summed E-state index contributed by atoms with van der Waals surface area (Å²) in [7, 11) is -3.54. The first-order valence-corrected chi connectivity index (χ1v) is 14.5. The predicted octanol–water partition coefficient (Wildman–Crippen LogP) is 5.52. The number of aliphatic hydroxyl groups is 1. The molecule has 1 aromatic heterocycles. The van der Waals surface area contributed by atoms with Gasteiger partial charge in [0.25, 0.3) is 0 Å². The van der Waals surface area contributed by atoms with E-state index in [2.05, 4.69) is 48.0 Å². The zero-order chi connectivity index (χ0) is 26.9. The van der Waals surface area contributed by atoms with Gasteiger partial charge in [0.05, 0.1) is 17.5 Å². The van der Waals surface area contributed by atoms with Gasteiger partial charge in [-0.1, -0.05) is 59.7 Å². The van der Waals surface area contributed by atoms with Crippen LogP contribution in [0, 0.1) is 20.8 Å². The normalized spacial score (nSPS) is 15.4. The van der Waals surface area contributed by atoms with Crippen LogP contribution in [0.1, 0.15) is 28.8 Å². The number of hydrogen-bond acceptors (Lipinski definition) is 4. The fourth-order valence-corrected chi connectivity index (χ4v) is 6.59. The van der Waals surface area contributed by atoms with Crippen LogP contribution < -0.4 is 5.32 Å². The summed E-state index contributed by atoms with van der Waals surface area (Å²) < 4.78 is 30.1. The zero-order valence-electron chi connectivity index (χ0n) is 22.2. The third kappa shape index (κ3) is 5.27. The molecule has 1 atom stereocenters. The monoisotopic (exact) mass is 529 g/mol. The molecule has 2 N–H and O–H groups in total. The van der Waals surface area contributed by atoms with Crippen molar-refractivity contribution in [2.45, 2.75) is 44.7 Å². The molecule has 4 aromatic rings. The van der Waals surface area contributed by atoms with Crippen molar-refractivity contribution >= 4 is 32.2 Å². The number of benzene rings is 3. The summed E-state index contributed by atoms with van der Waals surface area (Å²) in [5.74, 6) is 0. The van der Waals surface area contributed by atoms with Crippen LogP contribution in [0.15, 0.2) is 83.8 Å². The van der Waals surface area contributed by atoms with E-state index in [0.29, 0.717) is 37.5 Å². The van der Waals surface area contributed by atoms with Crippen LogP contribution in [0.2, 0.25) is 0 Å². The molecule has 5 rings (SSSR count). The average molecular weight is 530 g/mol. The van der Waals surface area contributed by atoms with Gasteiger partial charge in [-0.25, -0.2) is 8.42 Å². The summed E-state index contributed by atoms with van der Waals surface area (Å²) in [4.78, 5) is 0.334. The fourth-order valence-electron chi connectivity index (χ4n) is 5.21. The third-order valence-corrected chi connectivity index (χ3v) is 9.25. The Kier molecular flexibility index (Phi) is 7.43. The number of nitrogens with zero attached hydrogens (tertiary/aromatic N) is 2. The molecule has 1 aliphatic heterocycles. The maximum Gasteiger partial charge on any atom is 0.243 e. The Morgan fingerprint density at radius 1 is 0.921 bits per heavy atom. The van der Waals surface area contributed by atoms with Gasteiger partial charge in [0, 0.05) is 47.5 Å². The Morgan fingerprint density at radius 2 is 1.58 bits per heavy atom. The lowest BCUT2D eigenvalue weighted by Gasteiger charge is -2.26. The Balaban J connectivity index is 1.36. The number of aromatic nitrogens is 1. The summed E-state index contributed by atoms with van der Waals surface area (Å²) >= 11 is 0. The van der Waals surface area contributed by atoms with Gasteiger partial charge in [-0.15, -0.1) is 0 Å². The van der Waals surface area contributed by atoms with E-state index in [0.717, 1.165) is 39.0 Å². The average Bonchev–Trinajstić information content (AvgIpc) is 3.19. The topological polar surface area (TPSA) is 74.6 Å². The maximum atomic E-state index is 13.2. The van der Waals surface area contributed by atoms with Crippen molar-refractivity contribution in [1.29, 1.82) is 0 Å². The van der Waals surface area contributed by atoms with Crippen molar-refractivity contribution in [3.63, 3.8) is 0 Å². The van der Waals surface area contributed by atoms with Crippen molar-refractivity contribution < 1.29 is 13.5 Å². The summed E-state index contributed by atoms with van der Waals surface area (Å²) in [6, 6.07) is 23.4. The number of sulfonamides is 1. The van der Waals surface area contributed by atoms with Gasteiger partial charge >= 0.3 is 0 Å². The highest BCUT2D eigenvalue weighted by Crippen LogP contribution is 2.35. The van der Waals surface area contributed by atoms with Gasteiger partial charge in [0.1, 0.15) is 0 Å². The van der Waals surface area contributed by atoms with Crippen LogP contribution in [-0.4, -0.2) is 48.1 Å². The van der Waals surface area contributed by atoms with E-state index in [9.17, 15) is 13.5 Å². The summed E-state index contributed by atoms with van der Waals surface area (Å²) in [6.45, 7) is 7.78. The molecule has 3 aromatic carbocycles. The van der Waals surface area contributed by atoms with Crippen molar-refractivity contribution in [2.24, 2.45) is 0 Å². The van der Waals surface area contributed by atoms with E-state index in [1.54, 1.807) is 16.4 Å². The fraction of sp³-hybridized carbons (Fsp3) is 0.290. The van der Waals surface area contributed by atoms with E-state index in [1.807, 2.05) is 49.4 Å². The van der Waals surface area contributed by atoms with E-state index in [-0.39, 0.29) is 0 Å². The van der Waals surface area contributed by atoms with Gasteiger partial charge in [-0.3, -0.25) is 0 Å². The molecule has 0 radical (unpaired) electrons. The van der Waals surface area contributed by atoms with Crippen molar-refractivity contribution in [2.75, 3.05) is 25.0 Å². The molecule has 6 nitrogen and oxygen atoms in total. The van der Waals surface area contributed by atoms with E-state index in [1.165, 1.54) is 5.56 Å². The van der Waals surface area contributed by atoms with Crippen molar-refractivity contribution in [3.05, 3.63) is 101 Å². The smallest absolute Gasteiger partial charge is 0.243 e. The third-order valence-electron chi connectivity index (χ3n) is 7.37. The number of fused-ring (bicyclic) bond motifs is 1. The molecule has 0 fully saturated rings. The lowest BCUT2D eigenvalue weighted by atomic mass is 9.97. The number of nitrogens with one attached hydrogen (secondary N) is 1. The van der Waals surface area contributed by atoms with Crippen molar-refractivity contribution in [3.8, 4) is 0 Å². The largest absolute Gasteiger partial charge is 0.389 e. The molecule has 7 heteroatoms. The molecule has 0 bridgehead atoms. The van der Waals surface area contributed by atoms with Gasteiger partial charge < -0.3 is 15.0 Å². The van der Waals surface area contributed by atoms with Crippen LogP contribution in [0.5, 0.6) is 0 Å². The van der Waals surface area contributed by atoms with Gasteiger partial charge in [0.2, 0.25) is 10.0 Å². The SMILES string of the molecule is Cc1ccc(NCC(O)Cn2c(C)c(C3=CCN(S(=O)(=O)c4ccc(C)cc4)CC3)c3ccccc32)cc1. The van der Waals surface area contributed by atoms with E-state index >= 15 is 0 Å². The first-order chi connectivity index (χ1) is 18.2.